The minimum Gasteiger partial charge on any atom is -0.456 e. The first-order valence-electron chi connectivity index (χ1n) is 9.35. The van der Waals surface area contributed by atoms with E-state index in [0.29, 0.717) is 21.9 Å². The van der Waals surface area contributed by atoms with Crippen LogP contribution in [0.2, 0.25) is 0 Å². The summed E-state index contributed by atoms with van der Waals surface area (Å²) in [5.41, 5.74) is 1.01. The van der Waals surface area contributed by atoms with Crippen molar-refractivity contribution in [2.75, 3.05) is 5.32 Å². The molecule has 0 aliphatic rings. The van der Waals surface area contributed by atoms with E-state index in [0.717, 1.165) is 17.8 Å². The molecule has 1 amide bonds. The van der Waals surface area contributed by atoms with Crippen LogP contribution in [0, 0.1) is 12.8 Å². The second-order valence-corrected chi connectivity index (χ2v) is 7.72. The van der Waals surface area contributed by atoms with Crippen molar-refractivity contribution in [1.82, 2.24) is 14.6 Å². The molecule has 0 saturated heterocycles. The van der Waals surface area contributed by atoms with Crippen LogP contribution >= 0.6 is 11.3 Å². The van der Waals surface area contributed by atoms with Crippen LogP contribution in [0.5, 0.6) is 0 Å². The Hall–Kier alpha value is -3.07. The Kier molecular flexibility index (Phi) is 6.38. The van der Waals surface area contributed by atoms with E-state index in [9.17, 15) is 14.4 Å². The predicted octanol–water partition coefficient (Wildman–Crippen LogP) is 3.19. The molecular formula is C20H22N4O4S. The maximum Gasteiger partial charge on any atom is 0.338 e. The third-order valence-electron chi connectivity index (χ3n) is 4.49. The number of carbonyl (C=O) groups is 2. The molecule has 1 N–H and O–H groups in total. The summed E-state index contributed by atoms with van der Waals surface area (Å²) < 4.78 is 6.49. The number of carbonyl (C=O) groups excluding carboxylic acids is 2. The van der Waals surface area contributed by atoms with Gasteiger partial charge in [-0.3, -0.25) is 9.59 Å². The number of aromatic nitrogens is 3. The second-order valence-electron chi connectivity index (χ2n) is 6.56. The highest BCUT2D eigenvalue weighted by molar-refractivity contribution is 7.16. The zero-order valence-corrected chi connectivity index (χ0v) is 17.3. The summed E-state index contributed by atoms with van der Waals surface area (Å²) in [5, 5.41) is 7.64. The molecule has 0 aliphatic heterocycles. The molecule has 9 heteroatoms. The summed E-state index contributed by atoms with van der Waals surface area (Å²) >= 11 is 1.29. The van der Waals surface area contributed by atoms with Crippen LogP contribution in [0.25, 0.3) is 4.96 Å². The molecule has 152 valence electrons. The average Bonchev–Trinajstić information content (AvgIpc) is 3.08. The number of ether oxygens (including phenoxy) is 1. The Morgan fingerprint density at radius 2 is 1.90 bits per heavy atom. The number of aryl methyl sites for hydroxylation is 1. The fourth-order valence-corrected chi connectivity index (χ4v) is 3.61. The van der Waals surface area contributed by atoms with Crippen molar-refractivity contribution in [2.45, 2.75) is 40.2 Å². The fraction of sp³-hybridized carbons (Fsp3) is 0.350. The van der Waals surface area contributed by atoms with Gasteiger partial charge in [0.25, 0.3) is 5.56 Å². The molecule has 29 heavy (non-hydrogen) atoms. The smallest absolute Gasteiger partial charge is 0.338 e. The van der Waals surface area contributed by atoms with Gasteiger partial charge in [-0.2, -0.15) is 9.61 Å². The lowest BCUT2D eigenvalue weighted by Gasteiger charge is -2.13. The summed E-state index contributed by atoms with van der Waals surface area (Å²) in [4.78, 5) is 41.2. The highest BCUT2D eigenvalue weighted by Crippen LogP contribution is 2.15. The van der Waals surface area contributed by atoms with Crippen LogP contribution in [0.1, 0.15) is 47.7 Å². The molecule has 3 rings (SSSR count). The van der Waals surface area contributed by atoms with Gasteiger partial charge in [0.1, 0.15) is 11.6 Å². The first-order chi connectivity index (χ1) is 13.9. The zero-order valence-electron chi connectivity index (χ0n) is 16.5. The van der Waals surface area contributed by atoms with Crippen molar-refractivity contribution < 1.29 is 14.3 Å². The second kappa shape index (κ2) is 8.95. The Labute approximate surface area is 171 Å². The van der Waals surface area contributed by atoms with E-state index in [1.165, 1.54) is 21.9 Å². The van der Waals surface area contributed by atoms with Gasteiger partial charge >= 0.3 is 5.97 Å². The van der Waals surface area contributed by atoms with Crippen molar-refractivity contribution in [3.8, 4) is 0 Å². The number of hydrogen-bond acceptors (Lipinski definition) is 7. The van der Waals surface area contributed by atoms with E-state index in [2.05, 4.69) is 15.4 Å². The molecule has 0 spiro atoms. The van der Waals surface area contributed by atoms with Gasteiger partial charge < -0.3 is 10.1 Å². The van der Waals surface area contributed by atoms with Gasteiger partial charge in [0, 0.05) is 17.7 Å². The molecule has 2 aromatic heterocycles. The van der Waals surface area contributed by atoms with E-state index in [4.69, 9.17) is 4.74 Å². The first kappa shape index (κ1) is 20.7. The summed E-state index contributed by atoms with van der Waals surface area (Å²) in [6.07, 6.45) is 1.55. The van der Waals surface area contributed by atoms with Gasteiger partial charge in [-0.15, -0.1) is 0 Å². The van der Waals surface area contributed by atoms with Crippen LogP contribution in [0.4, 0.5) is 5.69 Å². The van der Waals surface area contributed by atoms with Crippen molar-refractivity contribution in [3.05, 3.63) is 57.0 Å². The average molecular weight is 414 g/mol. The topological polar surface area (TPSA) is 103 Å². The summed E-state index contributed by atoms with van der Waals surface area (Å²) in [5.74, 6) is -0.599. The number of hydrogen-bond donors (Lipinski definition) is 1. The number of benzene rings is 1. The largest absolute Gasteiger partial charge is 0.456 e. The molecule has 3 aromatic rings. The summed E-state index contributed by atoms with van der Waals surface area (Å²) in [7, 11) is 0. The summed E-state index contributed by atoms with van der Waals surface area (Å²) in [6, 6.07) is 7.79. The van der Waals surface area contributed by atoms with Gasteiger partial charge in [-0.25, -0.2) is 9.78 Å². The van der Waals surface area contributed by atoms with Gasteiger partial charge in [0.05, 0.1) is 11.3 Å². The minimum absolute atomic E-state index is 0.0311. The van der Waals surface area contributed by atoms with Gasteiger partial charge in [0.2, 0.25) is 10.9 Å². The lowest BCUT2D eigenvalue weighted by Crippen LogP contribution is -2.21. The third kappa shape index (κ3) is 4.86. The monoisotopic (exact) mass is 414 g/mol. The quantitative estimate of drug-likeness (QED) is 0.596. The van der Waals surface area contributed by atoms with E-state index < -0.39 is 5.97 Å². The Balaban J connectivity index is 1.62. The normalized spacial score (nSPS) is 11.0. The van der Waals surface area contributed by atoms with Crippen molar-refractivity contribution in [2.24, 2.45) is 5.92 Å². The molecular weight excluding hydrogens is 392 g/mol. The molecule has 0 radical (unpaired) electrons. The molecule has 0 aliphatic carbocycles. The van der Waals surface area contributed by atoms with Gasteiger partial charge in [-0.05, 0) is 44.0 Å². The highest BCUT2D eigenvalue weighted by Gasteiger charge is 2.15. The predicted molar refractivity (Wildman–Crippen MR) is 110 cm³/mol. The maximum atomic E-state index is 12.3. The lowest BCUT2D eigenvalue weighted by atomic mass is 10.0. The van der Waals surface area contributed by atoms with Gasteiger partial charge in [0.15, 0.2) is 0 Å². The number of esters is 1. The number of nitrogens with one attached hydrogen (secondary N) is 1. The molecule has 0 saturated carbocycles. The minimum atomic E-state index is -0.537. The van der Waals surface area contributed by atoms with E-state index >= 15 is 0 Å². The van der Waals surface area contributed by atoms with E-state index in [-0.39, 0.29) is 24.0 Å². The molecule has 2 heterocycles. The molecule has 0 fully saturated rings. The van der Waals surface area contributed by atoms with Crippen LogP contribution in [-0.2, 0) is 16.1 Å². The lowest BCUT2D eigenvalue weighted by molar-refractivity contribution is -0.120. The van der Waals surface area contributed by atoms with E-state index in [1.807, 2.05) is 13.8 Å². The van der Waals surface area contributed by atoms with Gasteiger partial charge in [-0.1, -0.05) is 25.2 Å². The Morgan fingerprint density at radius 3 is 2.55 bits per heavy atom. The van der Waals surface area contributed by atoms with Crippen molar-refractivity contribution in [3.63, 3.8) is 0 Å². The summed E-state index contributed by atoms with van der Waals surface area (Å²) in [6.45, 7) is 5.62. The molecule has 1 aromatic carbocycles. The Morgan fingerprint density at radius 1 is 1.21 bits per heavy atom. The molecule has 0 unspecified atom stereocenters. The highest BCUT2D eigenvalue weighted by atomic mass is 32.1. The number of rotatable bonds is 7. The SMILES string of the molecule is CCC(CC)C(=O)Nc1ccc(C(=O)OCc2cc(=O)n3nc(C)sc3n2)cc1. The fourth-order valence-electron chi connectivity index (χ4n) is 2.84. The van der Waals surface area contributed by atoms with Crippen LogP contribution < -0.4 is 10.9 Å². The Bertz CT molecular complexity index is 1080. The van der Waals surface area contributed by atoms with Crippen LogP contribution in [0.15, 0.2) is 35.1 Å². The maximum absolute atomic E-state index is 12.3. The zero-order chi connectivity index (χ0) is 21.0. The first-order valence-corrected chi connectivity index (χ1v) is 10.2. The number of anilines is 1. The molecule has 8 nitrogen and oxygen atoms in total. The third-order valence-corrected chi connectivity index (χ3v) is 5.32. The van der Waals surface area contributed by atoms with E-state index in [1.54, 1.807) is 31.2 Å². The van der Waals surface area contributed by atoms with Crippen LogP contribution in [0.3, 0.4) is 0 Å². The molecule has 0 atom stereocenters. The van der Waals surface area contributed by atoms with Crippen LogP contribution in [-0.4, -0.2) is 26.5 Å². The number of amides is 1. The number of nitrogens with zero attached hydrogens (tertiary/aromatic N) is 3. The number of fused-ring (bicyclic) bond motifs is 1. The standard InChI is InChI=1S/C20H22N4O4S/c1-4-13(5-2)18(26)21-15-8-6-14(7-9-15)19(27)28-11-16-10-17(25)24-20(22-16)29-12(3)23-24/h6-10,13H,4-5,11H2,1-3H3,(H,21,26). The van der Waals surface area contributed by atoms with Crippen molar-refractivity contribution >= 4 is 33.9 Å². The van der Waals surface area contributed by atoms with Crippen molar-refractivity contribution in [1.29, 1.82) is 0 Å². The molecule has 0 bridgehead atoms.